The van der Waals surface area contributed by atoms with E-state index in [-0.39, 0.29) is 0 Å². The van der Waals surface area contributed by atoms with Crippen molar-refractivity contribution in [3.63, 3.8) is 0 Å². The van der Waals surface area contributed by atoms with E-state index in [0.717, 1.165) is 90.3 Å². The third kappa shape index (κ3) is 22.8. The van der Waals surface area contributed by atoms with Gasteiger partial charge in [-0.1, -0.05) is 139 Å². The molecule has 16 heteroatoms. The molecule has 0 spiro atoms. The number of nitrogens with zero attached hydrogens (tertiary/aromatic N) is 16. The minimum atomic E-state index is 0.780. The van der Waals surface area contributed by atoms with Crippen LogP contribution < -0.4 is 0 Å². The van der Waals surface area contributed by atoms with Crippen molar-refractivity contribution in [2.24, 2.45) is 14.1 Å². The van der Waals surface area contributed by atoms with E-state index in [4.69, 9.17) is 0 Å². The fourth-order valence-corrected chi connectivity index (χ4v) is 8.25. The van der Waals surface area contributed by atoms with Gasteiger partial charge in [0.05, 0.1) is 55.7 Å². The van der Waals surface area contributed by atoms with Gasteiger partial charge in [-0.05, 0) is 147 Å². The van der Waals surface area contributed by atoms with Gasteiger partial charge >= 0.3 is 0 Å². The number of aryl methyl sites for hydroxylation is 12. The van der Waals surface area contributed by atoms with Crippen LogP contribution in [0.1, 0.15) is 154 Å². The molecule has 11 heterocycles. The smallest absolute Gasteiger partial charge is 0.234 e. The Morgan fingerprint density at radius 1 is 0.308 bits per heavy atom. The maximum atomic E-state index is 4.38. The Morgan fingerprint density at radius 2 is 0.736 bits per heavy atom. The monoisotopic (exact) mass is 1230 g/mol. The van der Waals surface area contributed by atoms with Crippen LogP contribution in [0.25, 0.3) is 61.2 Å². The molecule has 0 atom stereocenters. The van der Waals surface area contributed by atoms with Crippen molar-refractivity contribution in [1.82, 2.24) is 77.2 Å². The molecule has 14 aromatic rings. The molecule has 3 aromatic carbocycles. The number of aromatic nitrogens is 16. The highest BCUT2D eigenvalue weighted by molar-refractivity contribution is 5.80. The molecule has 91 heavy (non-hydrogen) atoms. The molecule has 0 unspecified atom stereocenters. The molecule has 0 amide bonds. The minimum Gasteiger partial charge on any atom is -0.331 e. The van der Waals surface area contributed by atoms with E-state index in [1.54, 1.807) is 31.0 Å². The van der Waals surface area contributed by atoms with Crippen LogP contribution in [-0.4, -0.2) is 77.2 Å². The second kappa shape index (κ2) is 44.0. The summed E-state index contributed by atoms with van der Waals surface area (Å²) in [5.74, 6) is 3.68. The quantitative estimate of drug-likeness (QED) is 0.142. The number of hydrogen-bond donors (Lipinski definition) is 0. The van der Waals surface area contributed by atoms with Crippen LogP contribution in [0.15, 0.2) is 171 Å². The molecule has 0 aliphatic heterocycles. The first kappa shape index (κ1) is 79.4. The Balaban J connectivity index is 0.000000514. The molecule has 0 N–H and O–H groups in total. The number of imidazole rings is 5. The van der Waals surface area contributed by atoms with Crippen LogP contribution in [0, 0.1) is 69.2 Å². The second-order valence-corrected chi connectivity index (χ2v) is 18.3. The van der Waals surface area contributed by atoms with Gasteiger partial charge in [-0.15, -0.1) is 0 Å². The third-order valence-electron chi connectivity index (χ3n) is 13.2. The van der Waals surface area contributed by atoms with Gasteiger partial charge in [0.25, 0.3) is 0 Å². The van der Waals surface area contributed by atoms with Crippen LogP contribution >= 0.6 is 0 Å². The fourth-order valence-electron chi connectivity index (χ4n) is 8.25. The Labute approximate surface area is 544 Å². The van der Waals surface area contributed by atoms with Gasteiger partial charge < -0.3 is 13.5 Å². The molecule has 14 rings (SSSR count). The highest BCUT2D eigenvalue weighted by Gasteiger charge is 2.05. The van der Waals surface area contributed by atoms with Crippen LogP contribution in [0.3, 0.4) is 0 Å². The molecule has 0 radical (unpaired) electrons. The summed E-state index contributed by atoms with van der Waals surface area (Å²) in [7, 11) is 4.06. The lowest BCUT2D eigenvalue weighted by Gasteiger charge is -1.97. The average Bonchev–Trinajstić information content (AvgIpc) is 2.06. The molecule has 486 valence electrons. The molecule has 0 aliphatic rings. The predicted molar refractivity (Wildman–Crippen MR) is 388 cm³/mol. The van der Waals surface area contributed by atoms with Crippen LogP contribution in [0.4, 0.5) is 0 Å². The van der Waals surface area contributed by atoms with Gasteiger partial charge in [-0.3, -0.25) is 28.7 Å². The molecular weight excluding hydrogens is 1120 g/mol. The van der Waals surface area contributed by atoms with E-state index in [1.165, 1.54) is 27.9 Å². The first-order valence-corrected chi connectivity index (χ1v) is 32.2. The van der Waals surface area contributed by atoms with Crippen molar-refractivity contribution in [3.05, 3.63) is 228 Å². The summed E-state index contributed by atoms with van der Waals surface area (Å²) in [5.41, 5.74) is 17.7. The molecular formula is C75H106N16. The largest absolute Gasteiger partial charge is 0.331 e. The summed E-state index contributed by atoms with van der Waals surface area (Å²) in [5, 5.41) is 1.13. The number of hydrogen-bond acceptors (Lipinski definition) is 11. The van der Waals surface area contributed by atoms with E-state index in [0.29, 0.717) is 0 Å². The van der Waals surface area contributed by atoms with Crippen LogP contribution in [0.2, 0.25) is 0 Å². The summed E-state index contributed by atoms with van der Waals surface area (Å²) in [6.07, 6.45) is 18.3. The number of benzene rings is 3. The summed E-state index contributed by atoms with van der Waals surface area (Å²) in [6, 6.07) is 36.0. The van der Waals surface area contributed by atoms with Crippen molar-refractivity contribution in [1.29, 1.82) is 0 Å². The second-order valence-electron chi connectivity index (χ2n) is 18.3. The normalized spacial score (nSPS) is 9.43. The predicted octanol–water partition coefficient (Wildman–Crippen LogP) is 19.5. The lowest BCUT2D eigenvalue weighted by molar-refractivity contribution is 0.886. The molecule has 0 saturated heterocycles. The molecule has 0 saturated carbocycles. The van der Waals surface area contributed by atoms with E-state index in [1.807, 2.05) is 303 Å². The maximum absolute atomic E-state index is 4.38. The lowest BCUT2D eigenvalue weighted by Crippen LogP contribution is -1.89. The summed E-state index contributed by atoms with van der Waals surface area (Å²) >= 11 is 0. The first-order valence-electron chi connectivity index (χ1n) is 32.2. The zero-order chi connectivity index (χ0) is 68.6. The van der Waals surface area contributed by atoms with Gasteiger partial charge in [0.15, 0.2) is 0 Å². The fraction of sp³-hybridized carbons (Fsp3) is 0.347. The van der Waals surface area contributed by atoms with Crippen molar-refractivity contribution >= 4 is 61.2 Å². The third-order valence-corrected chi connectivity index (χ3v) is 13.2. The Morgan fingerprint density at radius 3 is 1.20 bits per heavy atom. The zero-order valence-corrected chi connectivity index (χ0v) is 59.8. The average molecular weight is 1230 g/mol. The summed E-state index contributed by atoms with van der Waals surface area (Å²) in [4.78, 5) is 46.5. The van der Waals surface area contributed by atoms with E-state index in [9.17, 15) is 0 Å². The molecule has 0 aliphatic carbocycles. The van der Waals surface area contributed by atoms with Crippen LogP contribution in [0.5, 0.6) is 0 Å². The van der Waals surface area contributed by atoms with Gasteiger partial charge in [0, 0.05) is 98.5 Å². The van der Waals surface area contributed by atoms with Crippen molar-refractivity contribution in [2.75, 3.05) is 0 Å². The molecule has 0 bridgehead atoms. The van der Waals surface area contributed by atoms with Gasteiger partial charge in [-0.2, -0.15) is 0 Å². The van der Waals surface area contributed by atoms with Crippen LogP contribution in [-0.2, 0) is 14.1 Å². The first-order chi connectivity index (χ1) is 44.2. The zero-order valence-electron chi connectivity index (χ0n) is 59.8. The topological polar surface area (TPSA) is 165 Å². The number of fused-ring (bicyclic) bond motifs is 7. The molecule has 0 fully saturated rings. The Kier molecular flexibility index (Phi) is 38.4. The maximum Gasteiger partial charge on any atom is 0.234 e. The highest BCUT2D eigenvalue weighted by Crippen LogP contribution is 2.16. The van der Waals surface area contributed by atoms with Crippen molar-refractivity contribution in [2.45, 2.75) is 166 Å². The molecule has 11 aromatic heterocycles. The summed E-state index contributed by atoms with van der Waals surface area (Å²) in [6.45, 7) is 48.3. The van der Waals surface area contributed by atoms with Gasteiger partial charge in [-0.25, -0.2) is 34.9 Å². The van der Waals surface area contributed by atoms with Gasteiger partial charge in [0.2, 0.25) is 11.6 Å². The Hall–Kier alpha value is -9.57. The Bertz CT molecular complexity index is 3700. The van der Waals surface area contributed by atoms with Crippen molar-refractivity contribution in [3.8, 4) is 0 Å². The molecule has 16 nitrogen and oxygen atoms in total. The van der Waals surface area contributed by atoms with E-state index >= 15 is 0 Å². The van der Waals surface area contributed by atoms with E-state index < -0.39 is 0 Å². The van der Waals surface area contributed by atoms with Gasteiger partial charge in [0.1, 0.15) is 17.3 Å². The number of pyridine rings is 3. The lowest BCUT2D eigenvalue weighted by atomic mass is 10.2. The SMILES string of the molecule is CC.CC.CC.CC.CC.CC.CC.Cc1cccc2nccnc12.Cc1ccnc2ccncc12.Cc1nc2ccccc2n1C.Cc1nc2ccccc2n1C.Cc1nc2ccccn2c1C.Cc1nc2ncccn2c1C.Cc1nc2ncccn2c1C. The minimum absolute atomic E-state index is 0.780. The number of para-hydroxylation sites is 5. The number of rotatable bonds is 0. The van der Waals surface area contributed by atoms with E-state index in [2.05, 4.69) is 94.3 Å². The van der Waals surface area contributed by atoms with Crippen molar-refractivity contribution < 1.29 is 0 Å². The summed E-state index contributed by atoms with van der Waals surface area (Å²) < 4.78 is 10.2. The standard InChI is InChI=1S/3C9H10N2.2C9H8N2.2C8H9N3.7C2H6/c2*1-7-10-8-5-3-4-6-9(8)11(7)2;1-7-8(2)11-6-4-3-5-9(11)10-7;1-7-2-5-11-9-3-4-10-6-8(7)9;1-7-3-2-4-8-9(7)11-6-5-10-8;2*1-6-7(2)11-5-3-4-9-8(11)10-6;7*1-2/h3*3-6H,1-2H3;2*2-6H,1H3;2*3-5H,1-2H3;7*1-2H3. The highest BCUT2D eigenvalue weighted by atomic mass is 15.1.